The summed E-state index contributed by atoms with van der Waals surface area (Å²) in [6.07, 6.45) is -1.77. The standard InChI is InChI=1S/C42H75NO15/c1-29(43-31(44)17-15-14-16-19-51-21-22-52-23-24-53-25-26-54-27-28-56-38(49)50)32(57-36(47)41(8,9)10)33(58-37(48)42(11,12)13)30(34(45)39(2,3)4)18-20-55-35(46)40(5,6)7/h29-30,32-33H,14-28H2,1-13H3,(H,43,44)(H,49,50)/t29-,30?,32+,33-/m1/s1. The van der Waals surface area contributed by atoms with E-state index in [1.54, 1.807) is 90.0 Å². The molecule has 1 amide bonds. The molecule has 0 rings (SSSR count). The third kappa shape index (κ3) is 24.6. The van der Waals surface area contributed by atoms with Crippen LogP contribution in [0.25, 0.3) is 0 Å². The van der Waals surface area contributed by atoms with Crippen molar-refractivity contribution in [1.82, 2.24) is 5.32 Å². The van der Waals surface area contributed by atoms with Crippen LogP contribution in [0.1, 0.15) is 122 Å². The van der Waals surface area contributed by atoms with Gasteiger partial charge in [-0.2, -0.15) is 0 Å². The van der Waals surface area contributed by atoms with E-state index in [0.29, 0.717) is 59.1 Å². The molecule has 0 aromatic rings. The third-order valence-corrected chi connectivity index (χ3v) is 8.42. The van der Waals surface area contributed by atoms with Crippen LogP contribution in [-0.4, -0.2) is 125 Å². The fraction of sp³-hybridized carbons (Fsp3) is 0.857. The summed E-state index contributed by atoms with van der Waals surface area (Å²) in [5.74, 6) is -3.35. The summed E-state index contributed by atoms with van der Waals surface area (Å²) < 4.78 is 43.7. The Balaban J connectivity index is 5.45. The maximum atomic E-state index is 14.1. The van der Waals surface area contributed by atoms with Crippen LogP contribution in [0.4, 0.5) is 4.79 Å². The zero-order valence-corrected chi connectivity index (χ0v) is 37.6. The molecule has 1 unspecified atom stereocenters. The summed E-state index contributed by atoms with van der Waals surface area (Å²) in [7, 11) is 0. The van der Waals surface area contributed by atoms with Crippen LogP contribution in [0.2, 0.25) is 0 Å². The lowest BCUT2D eigenvalue weighted by Crippen LogP contribution is -2.56. The predicted molar refractivity (Wildman–Crippen MR) is 215 cm³/mol. The Hall–Kier alpha value is -3.34. The first-order valence-corrected chi connectivity index (χ1v) is 20.3. The number of carbonyl (C=O) groups is 6. The van der Waals surface area contributed by atoms with Gasteiger partial charge in [0.2, 0.25) is 5.91 Å². The molecular formula is C42H75NO15. The van der Waals surface area contributed by atoms with Crippen molar-refractivity contribution >= 4 is 35.8 Å². The number of unbranched alkanes of at least 4 members (excludes halogenated alkanes) is 2. The van der Waals surface area contributed by atoms with Crippen LogP contribution < -0.4 is 5.32 Å². The van der Waals surface area contributed by atoms with Gasteiger partial charge >= 0.3 is 24.1 Å². The number of nitrogens with one attached hydrogen (secondary N) is 1. The molecule has 0 heterocycles. The molecule has 2 N–H and O–H groups in total. The van der Waals surface area contributed by atoms with Crippen molar-refractivity contribution in [2.24, 2.45) is 27.6 Å². The first-order chi connectivity index (χ1) is 26.7. The number of rotatable bonds is 28. The Bertz CT molecular complexity index is 1260. The van der Waals surface area contributed by atoms with Crippen molar-refractivity contribution < 1.29 is 71.8 Å². The molecule has 338 valence electrons. The van der Waals surface area contributed by atoms with Gasteiger partial charge in [0.25, 0.3) is 0 Å². The number of ketones is 1. The minimum Gasteiger partial charge on any atom is -0.465 e. The molecule has 0 saturated heterocycles. The van der Waals surface area contributed by atoms with Crippen molar-refractivity contribution in [2.75, 3.05) is 66.1 Å². The highest BCUT2D eigenvalue weighted by Crippen LogP contribution is 2.33. The van der Waals surface area contributed by atoms with Gasteiger partial charge in [-0.25, -0.2) is 4.79 Å². The largest absolute Gasteiger partial charge is 0.505 e. The highest BCUT2D eigenvalue weighted by atomic mass is 16.7. The van der Waals surface area contributed by atoms with Gasteiger partial charge in [-0.05, 0) is 88.5 Å². The van der Waals surface area contributed by atoms with Gasteiger partial charge in [-0.15, -0.1) is 0 Å². The molecule has 0 aromatic heterocycles. The number of carbonyl (C=O) groups excluding carboxylic acids is 5. The third-order valence-electron chi connectivity index (χ3n) is 8.42. The van der Waals surface area contributed by atoms with Crippen LogP contribution in [-0.2, 0) is 61.9 Å². The number of carboxylic acid groups (broad SMARTS) is 1. The number of esters is 3. The topological polar surface area (TPSA) is 209 Å². The molecule has 0 aliphatic carbocycles. The van der Waals surface area contributed by atoms with Crippen molar-refractivity contribution in [2.45, 2.75) is 140 Å². The van der Waals surface area contributed by atoms with E-state index in [0.717, 1.165) is 6.42 Å². The smallest absolute Gasteiger partial charge is 0.465 e. The second-order valence-corrected chi connectivity index (χ2v) is 18.4. The van der Waals surface area contributed by atoms with Crippen molar-refractivity contribution in [3.05, 3.63) is 0 Å². The van der Waals surface area contributed by atoms with Crippen LogP contribution in [0.15, 0.2) is 0 Å². The van der Waals surface area contributed by atoms with Crippen molar-refractivity contribution in [3.8, 4) is 0 Å². The van der Waals surface area contributed by atoms with Gasteiger partial charge in [0.1, 0.15) is 12.4 Å². The molecule has 0 aliphatic heterocycles. The molecule has 0 bridgehead atoms. The van der Waals surface area contributed by atoms with Crippen LogP contribution in [0, 0.1) is 27.6 Å². The van der Waals surface area contributed by atoms with Gasteiger partial charge in [0.15, 0.2) is 12.2 Å². The highest BCUT2D eigenvalue weighted by molar-refractivity contribution is 5.87. The summed E-state index contributed by atoms with van der Waals surface area (Å²) in [5.41, 5.74) is -3.64. The van der Waals surface area contributed by atoms with Crippen molar-refractivity contribution in [3.63, 3.8) is 0 Å². The molecule has 0 fully saturated rings. The maximum absolute atomic E-state index is 14.1. The normalized spacial score (nSPS) is 14.4. The van der Waals surface area contributed by atoms with Crippen LogP contribution >= 0.6 is 0 Å². The zero-order valence-electron chi connectivity index (χ0n) is 37.6. The van der Waals surface area contributed by atoms with Gasteiger partial charge in [-0.1, -0.05) is 27.2 Å². The van der Waals surface area contributed by atoms with Crippen LogP contribution in [0.5, 0.6) is 0 Å². The predicted octanol–water partition coefficient (Wildman–Crippen LogP) is 5.94. The minimum atomic E-state index is -1.34. The molecule has 16 heteroatoms. The lowest BCUT2D eigenvalue weighted by atomic mass is 9.77. The summed E-state index contributed by atoms with van der Waals surface area (Å²) >= 11 is 0. The Labute approximate surface area is 346 Å². The van der Waals surface area contributed by atoms with Gasteiger partial charge in [0.05, 0.1) is 81.1 Å². The Kier molecular flexibility index (Phi) is 25.2. The van der Waals surface area contributed by atoms with E-state index < -0.39 is 69.9 Å². The van der Waals surface area contributed by atoms with Gasteiger partial charge in [-0.3, -0.25) is 24.0 Å². The molecule has 58 heavy (non-hydrogen) atoms. The Morgan fingerprint density at radius 2 is 0.931 bits per heavy atom. The second kappa shape index (κ2) is 26.7. The Morgan fingerprint density at radius 1 is 0.500 bits per heavy atom. The molecular weight excluding hydrogens is 758 g/mol. The number of ether oxygens (including phenoxy) is 8. The number of amides is 1. The number of hydrogen-bond acceptors (Lipinski definition) is 14. The summed E-state index contributed by atoms with van der Waals surface area (Å²) in [6, 6.07) is -0.878. The fourth-order valence-corrected chi connectivity index (χ4v) is 4.95. The average molecular weight is 834 g/mol. The van der Waals surface area contributed by atoms with Crippen molar-refractivity contribution in [1.29, 1.82) is 0 Å². The summed E-state index contributed by atoms with van der Waals surface area (Å²) in [4.78, 5) is 77.2. The molecule has 4 atom stereocenters. The van der Waals surface area contributed by atoms with E-state index >= 15 is 0 Å². The average Bonchev–Trinajstić information content (AvgIpc) is 3.08. The molecule has 16 nitrogen and oxygen atoms in total. The SMILES string of the molecule is C[C@@H](NC(=O)CCCCCOCCOCCOCCOCCOC(=O)O)[C@H](OC(=O)C(C)(C)C)[C@H](OC(=O)C(C)(C)C)C(CCOC(=O)C(C)(C)C)C(=O)C(C)(C)C. The van der Waals surface area contributed by atoms with E-state index in [4.69, 9.17) is 38.3 Å². The van der Waals surface area contributed by atoms with E-state index in [1.165, 1.54) is 0 Å². The van der Waals surface area contributed by atoms with E-state index in [-0.39, 0.29) is 44.4 Å². The number of Topliss-reactive ketones (excluding diaryl/α,β-unsaturated/α-hetero) is 1. The van der Waals surface area contributed by atoms with E-state index in [2.05, 4.69) is 10.1 Å². The Morgan fingerprint density at radius 3 is 1.36 bits per heavy atom. The quantitative estimate of drug-likeness (QED) is 0.0531. The van der Waals surface area contributed by atoms with Gasteiger partial charge < -0.3 is 48.3 Å². The lowest BCUT2D eigenvalue weighted by Gasteiger charge is -2.39. The minimum absolute atomic E-state index is 0.0145. The molecule has 0 aliphatic rings. The first kappa shape index (κ1) is 54.7. The fourth-order valence-electron chi connectivity index (χ4n) is 4.95. The van der Waals surface area contributed by atoms with Crippen LogP contribution in [0.3, 0.4) is 0 Å². The lowest BCUT2D eigenvalue weighted by molar-refractivity contribution is -0.188. The van der Waals surface area contributed by atoms with Gasteiger partial charge in [0, 0.05) is 18.4 Å². The summed E-state index contributed by atoms with van der Waals surface area (Å²) in [5, 5.41) is 11.3. The maximum Gasteiger partial charge on any atom is 0.505 e. The second-order valence-electron chi connectivity index (χ2n) is 18.4. The summed E-state index contributed by atoms with van der Waals surface area (Å²) in [6.45, 7) is 24.7. The highest BCUT2D eigenvalue weighted by Gasteiger charge is 2.47. The molecule has 0 aromatic carbocycles. The monoisotopic (exact) mass is 834 g/mol. The first-order valence-electron chi connectivity index (χ1n) is 20.3. The van der Waals surface area contributed by atoms with E-state index in [1.807, 2.05) is 0 Å². The number of hydrogen-bond donors (Lipinski definition) is 2. The molecule has 0 radical (unpaired) electrons. The molecule has 0 spiro atoms. The zero-order chi connectivity index (χ0) is 44.7. The van der Waals surface area contributed by atoms with E-state index in [9.17, 15) is 28.8 Å². The molecule has 0 saturated carbocycles.